The number of thiazole rings is 1. The fourth-order valence-electron chi connectivity index (χ4n) is 2.27. The van der Waals surface area contributed by atoms with Gasteiger partial charge in [0.2, 0.25) is 0 Å². The molecule has 1 saturated heterocycles. The molecule has 0 bridgehead atoms. The zero-order valence-electron chi connectivity index (χ0n) is 9.60. The van der Waals surface area contributed by atoms with E-state index in [1.165, 1.54) is 24.2 Å². The van der Waals surface area contributed by atoms with E-state index < -0.39 is 0 Å². The van der Waals surface area contributed by atoms with Gasteiger partial charge in [0.05, 0.1) is 11.5 Å². The molecule has 1 aromatic heterocycles. The molecule has 1 aromatic rings. The van der Waals surface area contributed by atoms with Crippen molar-refractivity contribution in [3.05, 3.63) is 10.0 Å². The predicted molar refractivity (Wildman–Crippen MR) is 69.9 cm³/mol. The third kappa shape index (κ3) is 2.42. The molecule has 94 valence electrons. The standard InChI is InChI=1S/C11H16ClN3OS/c12-10-9(7-16)17-11(13-10)15-5-3-14(4-6-15)8-1-2-8/h8,16H,1-7H2. The van der Waals surface area contributed by atoms with Crippen molar-refractivity contribution in [2.45, 2.75) is 25.5 Å². The number of aromatic nitrogens is 1. The van der Waals surface area contributed by atoms with Crippen molar-refractivity contribution in [2.24, 2.45) is 0 Å². The molecule has 0 atom stereocenters. The van der Waals surface area contributed by atoms with Crippen LogP contribution in [0.1, 0.15) is 17.7 Å². The van der Waals surface area contributed by atoms with E-state index >= 15 is 0 Å². The lowest BCUT2D eigenvalue weighted by Crippen LogP contribution is -2.47. The van der Waals surface area contributed by atoms with Crippen molar-refractivity contribution in [3.63, 3.8) is 0 Å². The van der Waals surface area contributed by atoms with Gasteiger partial charge in [-0.1, -0.05) is 22.9 Å². The van der Waals surface area contributed by atoms with Gasteiger partial charge in [0.1, 0.15) is 5.15 Å². The molecule has 1 aliphatic carbocycles. The first-order valence-electron chi connectivity index (χ1n) is 6.03. The molecule has 2 aliphatic rings. The van der Waals surface area contributed by atoms with Gasteiger partial charge in [0.25, 0.3) is 0 Å². The van der Waals surface area contributed by atoms with E-state index in [4.69, 9.17) is 16.7 Å². The first-order chi connectivity index (χ1) is 8.28. The smallest absolute Gasteiger partial charge is 0.187 e. The third-order valence-electron chi connectivity index (χ3n) is 3.43. The summed E-state index contributed by atoms with van der Waals surface area (Å²) < 4.78 is 0. The molecule has 0 radical (unpaired) electrons. The van der Waals surface area contributed by atoms with Crippen LogP contribution in [0.4, 0.5) is 5.13 Å². The lowest BCUT2D eigenvalue weighted by atomic mass is 10.3. The van der Waals surface area contributed by atoms with Crippen LogP contribution >= 0.6 is 22.9 Å². The Balaban J connectivity index is 1.64. The van der Waals surface area contributed by atoms with Crippen molar-refractivity contribution >= 4 is 28.1 Å². The van der Waals surface area contributed by atoms with Gasteiger partial charge in [0, 0.05) is 32.2 Å². The minimum atomic E-state index is -0.0153. The van der Waals surface area contributed by atoms with Crippen LogP contribution in [0.25, 0.3) is 0 Å². The summed E-state index contributed by atoms with van der Waals surface area (Å²) in [6, 6.07) is 0.852. The first-order valence-corrected chi connectivity index (χ1v) is 7.22. The number of rotatable bonds is 3. The number of halogens is 1. The van der Waals surface area contributed by atoms with Crippen LogP contribution in [0.2, 0.25) is 5.15 Å². The van der Waals surface area contributed by atoms with Gasteiger partial charge < -0.3 is 10.0 Å². The molecule has 4 nitrogen and oxygen atoms in total. The molecule has 17 heavy (non-hydrogen) atoms. The minimum Gasteiger partial charge on any atom is -0.391 e. The topological polar surface area (TPSA) is 39.6 Å². The number of hydrogen-bond donors (Lipinski definition) is 1. The Bertz CT molecular complexity index is 399. The summed E-state index contributed by atoms with van der Waals surface area (Å²) in [5.74, 6) is 0. The average molecular weight is 274 g/mol. The Hall–Kier alpha value is -0.360. The SMILES string of the molecule is OCc1sc(N2CCN(C3CC3)CC2)nc1Cl. The number of anilines is 1. The van der Waals surface area contributed by atoms with Gasteiger partial charge in [0.15, 0.2) is 5.13 Å². The highest BCUT2D eigenvalue weighted by atomic mass is 35.5. The van der Waals surface area contributed by atoms with E-state index in [0.717, 1.165) is 42.2 Å². The maximum Gasteiger partial charge on any atom is 0.187 e. The highest BCUT2D eigenvalue weighted by molar-refractivity contribution is 7.16. The average Bonchev–Trinajstić information content (AvgIpc) is 3.13. The zero-order chi connectivity index (χ0) is 11.8. The molecule has 1 N–H and O–H groups in total. The fraction of sp³-hybridized carbons (Fsp3) is 0.727. The number of piperazine rings is 1. The summed E-state index contributed by atoms with van der Waals surface area (Å²) in [5.41, 5.74) is 0. The van der Waals surface area contributed by atoms with E-state index in [2.05, 4.69) is 14.8 Å². The monoisotopic (exact) mass is 273 g/mol. The summed E-state index contributed by atoms with van der Waals surface area (Å²) in [5, 5.41) is 10.5. The fourth-order valence-corrected chi connectivity index (χ4v) is 3.44. The van der Waals surface area contributed by atoms with E-state index in [0.29, 0.717) is 5.15 Å². The van der Waals surface area contributed by atoms with Crippen LogP contribution in [0.5, 0.6) is 0 Å². The maximum absolute atomic E-state index is 9.11. The van der Waals surface area contributed by atoms with Gasteiger partial charge in [-0.2, -0.15) is 0 Å². The van der Waals surface area contributed by atoms with Crippen molar-refractivity contribution in [2.75, 3.05) is 31.1 Å². The number of aliphatic hydroxyl groups is 1. The van der Waals surface area contributed by atoms with Crippen molar-refractivity contribution in [1.29, 1.82) is 0 Å². The quantitative estimate of drug-likeness (QED) is 0.908. The minimum absolute atomic E-state index is 0.0153. The predicted octanol–water partition coefficient (Wildman–Crippen LogP) is 1.57. The third-order valence-corrected chi connectivity index (χ3v) is 4.96. The van der Waals surface area contributed by atoms with E-state index in [9.17, 15) is 0 Å². The molecule has 3 rings (SSSR count). The second-order valence-corrected chi connectivity index (χ2v) is 6.04. The highest BCUT2D eigenvalue weighted by Crippen LogP contribution is 2.32. The molecule has 6 heteroatoms. The lowest BCUT2D eigenvalue weighted by Gasteiger charge is -2.34. The second-order valence-electron chi connectivity index (χ2n) is 4.62. The molecule has 1 aliphatic heterocycles. The van der Waals surface area contributed by atoms with Crippen molar-refractivity contribution < 1.29 is 5.11 Å². The molecule has 0 aromatic carbocycles. The molecular formula is C11H16ClN3OS. The number of nitrogens with zero attached hydrogens (tertiary/aromatic N) is 3. The molecule has 0 amide bonds. The number of aliphatic hydroxyl groups excluding tert-OH is 1. The van der Waals surface area contributed by atoms with Gasteiger partial charge in [-0.3, -0.25) is 4.90 Å². The molecule has 0 spiro atoms. The van der Waals surface area contributed by atoms with Crippen LogP contribution in [0, 0.1) is 0 Å². The Labute approximate surface area is 110 Å². The summed E-state index contributed by atoms with van der Waals surface area (Å²) in [7, 11) is 0. The van der Waals surface area contributed by atoms with Gasteiger partial charge in [-0.05, 0) is 12.8 Å². The Kier molecular flexibility index (Phi) is 3.25. The first kappa shape index (κ1) is 11.7. The maximum atomic E-state index is 9.11. The van der Waals surface area contributed by atoms with Crippen LogP contribution < -0.4 is 4.90 Å². The van der Waals surface area contributed by atoms with Gasteiger partial charge >= 0.3 is 0 Å². The van der Waals surface area contributed by atoms with Crippen molar-refractivity contribution in [1.82, 2.24) is 9.88 Å². The van der Waals surface area contributed by atoms with Gasteiger partial charge in [-0.25, -0.2) is 4.98 Å². The largest absolute Gasteiger partial charge is 0.391 e. The van der Waals surface area contributed by atoms with E-state index in [-0.39, 0.29) is 6.61 Å². The van der Waals surface area contributed by atoms with Crippen LogP contribution in [0.15, 0.2) is 0 Å². The molecular weight excluding hydrogens is 258 g/mol. The van der Waals surface area contributed by atoms with Crippen LogP contribution in [-0.2, 0) is 6.61 Å². The summed E-state index contributed by atoms with van der Waals surface area (Å²) in [6.45, 7) is 4.27. The summed E-state index contributed by atoms with van der Waals surface area (Å²) in [6.07, 6.45) is 2.75. The van der Waals surface area contributed by atoms with E-state index in [1.807, 2.05) is 0 Å². The van der Waals surface area contributed by atoms with Crippen LogP contribution in [-0.4, -0.2) is 47.2 Å². The normalized spacial score (nSPS) is 22.1. The van der Waals surface area contributed by atoms with Crippen molar-refractivity contribution in [3.8, 4) is 0 Å². The lowest BCUT2D eigenvalue weighted by molar-refractivity contribution is 0.248. The molecule has 2 fully saturated rings. The summed E-state index contributed by atoms with van der Waals surface area (Å²) >= 11 is 7.46. The second kappa shape index (κ2) is 4.72. The molecule has 0 unspecified atom stereocenters. The Morgan fingerprint density at radius 3 is 2.53 bits per heavy atom. The Morgan fingerprint density at radius 2 is 2.00 bits per heavy atom. The zero-order valence-corrected chi connectivity index (χ0v) is 11.2. The highest BCUT2D eigenvalue weighted by Gasteiger charge is 2.31. The molecule has 2 heterocycles. The van der Waals surface area contributed by atoms with Crippen LogP contribution in [0.3, 0.4) is 0 Å². The Morgan fingerprint density at radius 1 is 1.29 bits per heavy atom. The number of hydrogen-bond acceptors (Lipinski definition) is 5. The van der Waals surface area contributed by atoms with Gasteiger partial charge in [-0.15, -0.1) is 0 Å². The van der Waals surface area contributed by atoms with E-state index in [1.54, 1.807) is 0 Å². The molecule has 1 saturated carbocycles. The summed E-state index contributed by atoms with van der Waals surface area (Å²) in [4.78, 5) is 9.93.